The van der Waals surface area contributed by atoms with E-state index in [1.54, 1.807) is 55.5 Å². The molecule has 0 aromatic heterocycles. The van der Waals surface area contributed by atoms with Crippen LogP contribution in [0.15, 0.2) is 108 Å². The largest absolute Gasteiger partial charge is 0.457 e. The van der Waals surface area contributed by atoms with Crippen molar-refractivity contribution in [2.45, 2.75) is 76.4 Å². The first-order chi connectivity index (χ1) is 22.6. The van der Waals surface area contributed by atoms with Crippen molar-refractivity contribution in [2.24, 2.45) is 0 Å². The molecule has 9 heteroatoms. The summed E-state index contributed by atoms with van der Waals surface area (Å²) in [7, 11) is -4.17. The molecule has 0 heterocycles. The van der Waals surface area contributed by atoms with Gasteiger partial charge in [0.05, 0.1) is 10.6 Å². The minimum Gasteiger partial charge on any atom is -0.457 e. The van der Waals surface area contributed by atoms with Gasteiger partial charge in [-0.2, -0.15) is 0 Å². The lowest BCUT2D eigenvalue weighted by Gasteiger charge is -2.33. The van der Waals surface area contributed by atoms with Crippen molar-refractivity contribution in [1.29, 1.82) is 0 Å². The van der Waals surface area contributed by atoms with Gasteiger partial charge in [0.25, 0.3) is 10.0 Å². The van der Waals surface area contributed by atoms with Crippen LogP contribution in [0, 0.1) is 13.8 Å². The number of para-hydroxylation sites is 1. The number of nitrogens with zero attached hydrogens (tertiary/aromatic N) is 2. The molecular formula is C38H43N3O5S. The van der Waals surface area contributed by atoms with Crippen molar-refractivity contribution >= 4 is 27.5 Å². The van der Waals surface area contributed by atoms with Gasteiger partial charge in [0.2, 0.25) is 11.8 Å². The number of rotatable bonds is 12. The van der Waals surface area contributed by atoms with E-state index in [2.05, 4.69) is 5.32 Å². The highest BCUT2D eigenvalue weighted by Gasteiger charge is 2.33. The van der Waals surface area contributed by atoms with Crippen molar-refractivity contribution in [2.75, 3.05) is 10.8 Å². The molecule has 2 amide bonds. The van der Waals surface area contributed by atoms with Crippen molar-refractivity contribution in [3.63, 3.8) is 0 Å². The summed E-state index contributed by atoms with van der Waals surface area (Å²) in [5.41, 5.74) is 3.09. The fraction of sp³-hybridized carbons (Fsp3) is 0.316. The number of sulfonamides is 1. The Hall–Kier alpha value is -4.63. The van der Waals surface area contributed by atoms with Gasteiger partial charge in [-0.05, 0) is 87.7 Å². The molecule has 1 aliphatic carbocycles. The van der Waals surface area contributed by atoms with Crippen LogP contribution in [0.25, 0.3) is 0 Å². The van der Waals surface area contributed by atoms with Crippen LogP contribution in [-0.4, -0.2) is 43.8 Å². The second-order valence-electron chi connectivity index (χ2n) is 12.3. The van der Waals surface area contributed by atoms with E-state index in [1.807, 2.05) is 68.4 Å². The number of hydrogen-bond acceptors (Lipinski definition) is 5. The summed E-state index contributed by atoms with van der Waals surface area (Å²) in [6.45, 7) is 5.21. The van der Waals surface area contributed by atoms with E-state index >= 15 is 0 Å². The highest BCUT2D eigenvalue weighted by atomic mass is 32.2. The van der Waals surface area contributed by atoms with Crippen LogP contribution >= 0.6 is 0 Å². The van der Waals surface area contributed by atoms with Gasteiger partial charge in [-0.1, -0.05) is 85.0 Å². The fourth-order valence-corrected chi connectivity index (χ4v) is 7.24. The number of aryl methyl sites for hydroxylation is 2. The number of nitrogens with one attached hydrogen (secondary N) is 1. The number of benzene rings is 4. The van der Waals surface area contributed by atoms with E-state index in [9.17, 15) is 18.0 Å². The number of ether oxygens (including phenoxy) is 1. The third-order valence-corrected chi connectivity index (χ3v) is 10.3. The zero-order chi connectivity index (χ0) is 33.4. The average molecular weight is 654 g/mol. The van der Waals surface area contributed by atoms with Crippen molar-refractivity contribution in [1.82, 2.24) is 10.2 Å². The molecule has 4 aromatic rings. The molecule has 5 rings (SSSR count). The van der Waals surface area contributed by atoms with Gasteiger partial charge in [0.15, 0.2) is 0 Å². The number of carbonyl (C=O) groups excluding carboxylic acids is 2. The van der Waals surface area contributed by atoms with Crippen LogP contribution in [0.5, 0.6) is 11.5 Å². The third-order valence-electron chi connectivity index (χ3n) is 8.55. The second-order valence-corrected chi connectivity index (χ2v) is 14.1. The maximum atomic E-state index is 14.3. The summed E-state index contributed by atoms with van der Waals surface area (Å²) in [6.07, 6.45) is 5.11. The molecule has 0 spiro atoms. The number of amides is 2. The predicted octanol–water partition coefficient (Wildman–Crippen LogP) is 7.16. The lowest BCUT2D eigenvalue weighted by Crippen LogP contribution is -2.53. The Bertz CT molecular complexity index is 1750. The predicted molar refractivity (Wildman–Crippen MR) is 185 cm³/mol. The summed E-state index contributed by atoms with van der Waals surface area (Å²) in [5, 5.41) is 3.15. The zero-order valence-corrected chi connectivity index (χ0v) is 28.1. The number of anilines is 1. The summed E-state index contributed by atoms with van der Waals surface area (Å²) < 4.78 is 35.4. The molecule has 0 radical (unpaired) electrons. The van der Waals surface area contributed by atoms with Gasteiger partial charge in [-0.15, -0.1) is 0 Å². The molecular weight excluding hydrogens is 611 g/mol. The van der Waals surface area contributed by atoms with Gasteiger partial charge < -0.3 is 15.0 Å². The molecule has 0 bridgehead atoms. The maximum absolute atomic E-state index is 14.3. The standard InChI is InChI=1S/C38H43N3O5S/c1-28-17-23-36(24-18-28)47(44,45)41(33-19-21-35(22-20-33)46-34-15-8-5-9-16-34)27-37(42)40(26-31-12-10-11-29(2)25-31)30(3)38(43)39-32-13-6-4-7-14-32/h5,8-12,15-25,30,32H,4,6-7,13-14,26-27H2,1-3H3,(H,39,43)/t30-/m0/s1. The maximum Gasteiger partial charge on any atom is 0.264 e. The first kappa shape index (κ1) is 33.7. The van der Waals surface area contributed by atoms with E-state index in [4.69, 9.17) is 4.74 Å². The van der Waals surface area contributed by atoms with E-state index in [1.165, 1.54) is 4.90 Å². The monoisotopic (exact) mass is 653 g/mol. The highest BCUT2D eigenvalue weighted by molar-refractivity contribution is 7.92. The summed E-state index contributed by atoms with van der Waals surface area (Å²) >= 11 is 0. The van der Waals surface area contributed by atoms with Gasteiger partial charge in [0, 0.05) is 12.6 Å². The molecule has 8 nitrogen and oxygen atoms in total. The van der Waals surface area contributed by atoms with Gasteiger partial charge >= 0.3 is 0 Å². The lowest BCUT2D eigenvalue weighted by atomic mass is 9.95. The molecule has 0 aliphatic heterocycles. The Morgan fingerprint density at radius 3 is 2.13 bits per heavy atom. The van der Waals surface area contributed by atoms with Crippen LogP contribution in [-0.2, 0) is 26.2 Å². The Labute approximate surface area is 278 Å². The van der Waals surface area contributed by atoms with E-state index < -0.39 is 28.5 Å². The fourth-order valence-electron chi connectivity index (χ4n) is 5.83. The van der Waals surface area contributed by atoms with E-state index in [0.29, 0.717) is 17.2 Å². The van der Waals surface area contributed by atoms with Gasteiger partial charge in [-0.3, -0.25) is 13.9 Å². The normalized spacial score (nSPS) is 14.2. The molecule has 0 saturated heterocycles. The topological polar surface area (TPSA) is 96.0 Å². The molecule has 0 unspecified atom stereocenters. The quantitative estimate of drug-likeness (QED) is 0.175. The van der Waals surface area contributed by atoms with Crippen LogP contribution < -0.4 is 14.4 Å². The smallest absolute Gasteiger partial charge is 0.264 e. The van der Waals surface area contributed by atoms with Crippen LogP contribution in [0.4, 0.5) is 5.69 Å². The van der Waals surface area contributed by atoms with Crippen molar-refractivity contribution < 1.29 is 22.7 Å². The molecule has 1 N–H and O–H groups in total. The van der Waals surface area contributed by atoms with Crippen LogP contribution in [0.1, 0.15) is 55.7 Å². The first-order valence-electron chi connectivity index (χ1n) is 16.2. The third kappa shape index (κ3) is 8.80. The highest BCUT2D eigenvalue weighted by Crippen LogP contribution is 2.29. The lowest BCUT2D eigenvalue weighted by molar-refractivity contribution is -0.139. The van der Waals surface area contributed by atoms with Gasteiger partial charge in [-0.25, -0.2) is 8.42 Å². The van der Waals surface area contributed by atoms with Crippen molar-refractivity contribution in [3.8, 4) is 11.5 Å². The van der Waals surface area contributed by atoms with Crippen molar-refractivity contribution in [3.05, 3.63) is 120 Å². The molecule has 1 atom stereocenters. The molecule has 1 fully saturated rings. The summed E-state index contributed by atoms with van der Waals surface area (Å²) in [5.74, 6) is 0.436. The number of hydrogen-bond donors (Lipinski definition) is 1. The minimum atomic E-state index is -4.17. The Balaban J connectivity index is 1.46. The summed E-state index contributed by atoms with van der Waals surface area (Å²) in [6, 6.07) is 29.4. The molecule has 47 heavy (non-hydrogen) atoms. The molecule has 1 saturated carbocycles. The molecule has 246 valence electrons. The molecule has 4 aromatic carbocycles. The second kappa shape index (κ2) is 15.3. The molecule has 1 aliphatic rings. The average Bonchev–Trinajstić information content (AvgIpc) is 3.07. The first-order valence-corrected chi connectivity index (χ1v) is 17.6. The number of carbonyl (C=O) groups is 2. The zero-order valence-electron chi connectivity index (χ0n) is 27.3. The Kier molecular flexibility index (Phi) is 11.0. The summed E-state index contributed by atoms with van der Waals surface area (Å²) in [4.78, 5) is 29.4. The van der Waals surface area contributed by atoms with Crippen LogP contribution in [0.3, 0.4) is 0 Å². The Morgan fingerprint density at radius 2 is 1.47 bits per heavy atom. The minimum absolute atomic E-state index is 0.0637. The van der Waals surface area contributed by atoms with E-state index in [-0.39, 0.29) is 23.4 Å². The van der Waals surface area contributed by atoms with Crippen LogP contribution in [0.2, 0.25) is 0 Å². The SMILES string of the molecule is Cc1ccc(S(=O)(=O)N(CC(=O)N(Cc2cccc(C)c2)[C@@H](C)C(=O)NC2CCCCC2)c2ccc(Oc3ccccc3)cc2)cc1. The Morgan fingerprint density at radius 1 is 0.809 bits per heavy atom. The van der Waals surface area contributed by atoms with E-state index in [0.717, 1.165) is 53.1 Å². The van der Waals surface area contributed by atoms with Gasteiger partial charge in [0.1, 0.15) is 24.1 Å².